The highest BCUT2D eigenvalue weighted by molar-refractivity contribution is 5.90. The van der Waals surface area contributed by atoms with Crippen molar-refractivity contribution in [3.05, 3.63) is 18.5 Å². The predicted octanol–water partition coefficient (Wildman–Crippen LogP) is -0.928. The molecule has 0 aromatic carbocycles. The molecule has 4 N–H and O–H groups in total. The van der Waals surface area contributed by atoms with Gasteiger partial charge in [0.1, 0.15) is 12.7 Å². The van der Waals surface area contributed by atoms with Gasteiger partial charge in [0.05, 0.1) is 12.7 Å². The third-order valence-corrected chi connectivity index (χ3v) is 4.56. The quantitative estimate of drug-likeness (QED) is 0.478. The molecule has 1 aliphatic rings. The maximum absolute atomic E-state index is 12.7. The first kappa shape index (κ1) is 20.5. The topological polar surface area (TPSA) is 170 Å². The molecule has 1 fully saturated rings. The van der Waals surface area contributed by atoms with Crippen LogP contribution in [0.25, 0.3) is 5.95 Å². The summed E-state index contributed by atoms with van der Waals surface area (Å²) in [5.41, 5.74) is -0.681. The van der Waals surface area contributed by atoms with Gasteiger partial charge in [0.2, 0.25) is 5.82 Å². The number of carbonyl (C=O) groups is 2. The van der Waals surface area contributed by atoms with Crippen LogP contribution in [0.4, 0.5) is 0 Å². The Hall–Kier alpha value is -2.86. The summed E-state index contributed by atoms with van der Waals surface area (Å²) in [5.74, 6) is 0.0865. The minimum Gasteiger partial charge on any atom is -0.483 e. The lowest BCUT2D eigenvalue weighted by molar-refractivity contribution is -0.122. The van der Waals surface area contributed by atoms with Gasteiger partial charge in [-0.3, -0.25) is 19.3 Å². The molecule has 148 valence electrons. The Morgan fingerprint density at radius 2 is 2.11 bits per heavy atom. The maximum atomic E-state index is 12.7. The molecule has 0 bridgehead atoms. The van der Waals surface area contributed by atoms with Crippen molar-refractivity contribution in [2.24, 2.45) is 5.41 Å². The number of hydrogen-bond acceptors (Lipinski definition) is 8. The number of aromatic amines is 1. The smallest absolute Gasteiger partial charge is 0.291 e. The van der Waals surface area contributed by atoms with Crippen LogP contribution in [-0.4, -0.2) is 88.3 Å². The fourth-order valence-electron chi connectivity index (χ4n) is 3.22. The Kier molecular flexibility index (Phi) is 6.96. The highest BCUT2D eigenvalue weighted by Gasteiger charge is 2.43. The summed E-state index contributed by atoms with van der Waals surface area (Å²) in [6.45, 7) is 2.29. The normalized spacial score (nSPS) is 22.0. The predicted molar refractivity (Wildman–Crippen MR) is 90.9 cm³/mol. The fourth-order valence-corrected chi connectivity index (χ4v) is 3.22. The minimum atomic E-state index is -0.681. The number of piperidine rings is 1. The Balaban J connectivity index is 0.000000817. The summed E-state index contributed by atoms with van der Waals surface area (Å²) in [7, 11) is 0. The number of aliphatic hydroxyl groups is 2. The van der Waals surface area contributed by atoms with Crippen molar-refractivity contribution in [1.29, 1.82) is 0 Å². The molecule has 0 saturated carbocycles. The number of aromatic nitrogens is 6. The standard InChI is InChI=1S/C14H21N7O3.CH2O2/c1-2-4-14(7-22)6-20(5-3-10(14)23)12(24)11-17-13(19-18-11)21-8-15-16-9-21;2-1-3/h8-10,22-23H,2-7H2,1H3,(H,17,18,19);1H,(H,2,3)/t10-,14-;/m0./s1. The van der Waals surface area contributed by atoms with Crippen LogP contribution < -0.4 is 0 Å². The molecule has 1 saturated heterocycles. The average Bonchev–Trinajstić information content (AvgIpc) is 3.35. The Bertz CT molecular complexity index is 735. The summed E-state index contributed by atoms with van der Waals surface area (Å²) < 4.78 is 1.49. The first-order valence-electron chi connectivity index (χ1n) is 8.44. The summed E-state index contributed by atoms with van der Waals surface area (Å²) in [4.78, 5) is 26.8. The van der Waals surface area contributed by atoms with Gasteiger partial charge in [0.25, 0.3) is 18.3 Å². The van der Waals surface area contributed by atoms with E-state index in [1.807, 2.05) is 6.92 Å². The fraction of sp³-hybridized carbons (Fsp3) is 0.600. The van der Waals surface area contributed by atoms with Crippen LogP contribution in [0.15, 0.2) is 12.7 Å². The van der Waals surface area contributed by atoms with E-state index in [2.05, 4.69) is 25.4 Å². The number of rotatable bonds is 5. The van der Waals surface area contributed by atoms with E-state index in [0.29, 0.717) is 25.9 Å². The van der Waals surface area contributed by atoms with Crippen molar-refractivity contribution in [3.8, 4) is 5.95 Å². The lowest BCUT2D eigenvalue weighted by Crippen LogP contribution is -2.55. The third-order valence-electron chi connectivity index (χ3n) is 4.56. The zero-order valence-corrected chi connectivity index (χ0v) is 14.9. The van der Waals surface area contributed by atoms with Gasteiger partial charge in [-0.15, -0.1) is 15.3 Å². The molecule has 0 aliphatic carbocycles. The highest BCUT2D eigenvalue weighted by atomic mass is 16.3. The number of H-pyrrole nitrogens is 1. The molecule has 2 aromatic rings. The van der Waals surface area contributed by atoms with Crippen LogP contribution in [0.2, 0.25) is 0 Å². The molecule has 1 amide bonds. The van der Waals surface area contributed by atoms with E-state index in [0.717, 1.165) is 6.42 Å². The molecule has 2 aromatic heterocycles. The van der Waals surface area contributed by atoms with Crippen molar-refractivity contribution in [2.45, 2.75) is 32.3 Å². The van der Waals surface area contributed by atoms with Gasteiger partial charge in [-0.1, -0.05) is 13.3 Å². The number of likely N-dealkylation sites (tertiary alicyclic amines) is 1. The van der Waals surface area contributed by atoms with Crippen molar-refractivity contribution in [2.75, 3.05) is 19.7 Å². The maximum Gasteiger partial charge on any atom is 0.291 e. The highest BCUT2D eigenvalue weighted by Crippen LogP contribution is 2.35. The Morgan fingerprint density at radius 3 is 2.70 bits per heavy atom. The molecule has 27 heavy (non-hydrogen) atoms. The van der Waals surface area contributed by atoms with Crippen molar-refractivity contribution in [3.63, 3.8) is 0 Å². The summed E-state index contributed by atoms with van der Waals surface area (Å²) in [5, 5.41) is 40.9. The van der Waals surface area contributed by atoms with Crippen LogP contribution in [0.3, 0.4) is 0 Å². The monoisotopic (exact) mass is 381 g/mol. The van der Waals surface area contributed by atoms with Crippen molar-refractivity contribution >= 4 is 12.4 Å². The van der Waals surface area contributed by atoms with Gasteiger partial charge in [-0.25, -0.2) is 0 Å². The number of carboxylic acid groups (broad SMARTS) is 1. The third kappa shape index (κ3) is 4.46. The molecule has 2 atom stereocenters. The summed E-state index contributed by atoms with van der Waals surface area (Å²) in [6.07, 6.45) is 4.16. The zero-order valence-electron chi connectivity index (χ0n) is 14.9. The van der Waals surface area contributed by atoms with Crippen LogP contribution in [0, 0.1) is 5.41 Å². The molecular weight excluding hydrogens is 358 g/mol. The number of carbonyl (C=O) groups excluding carboxylic acids is 1. The molecule has 12 heteroatoms. The molecule has 3 rings (SSSR count). The van der Waals surface area contributed by atoms with Crippen LogP contribution in [0.5, 0.6) is 0 Å². The number of aliphatic hydroxyl groups excluding tert-OH is 2. The molecule has 12 nitrogen and oxygen atoms in total. The zero-order chi connectivity index (χ0) is 19.9. The molecule has 1 aliphatic heterocycles. The molecule has 3 heterocycles. The van der Waals surface area contributed by atoms with Gasteiger partial charge >= 0.3 is 0 Å². The second-order valence-corrected chi connectivity index (χ2v) is 6.26. The number of hydrogen-bond donors (Lipinski definition) is 4. The van der Waals surface area contributed by atoms with E-state index in [4.69, 9.17) is 9.90 Å². The van der Waals surface area contributed by atoms with Gasteiger partial charge in [0.15, 0.2) is 0 Å². The van der Waals surface area contributed by atoms with E-state index >= 15 is 0 Å². The van der Waals surface area contributed by atoms with Gasteiger partial charge < -0.3 is 20.2 Å². The largest absolute Gasteiger partial charge is 0.483 e. The summed E-state index contributed by atoms with van der Waals surface area (Å²) in [6, 6.07) is 0. The first-order valence-corrected chi connectivity index (χ1v) is 8.44. The van der Waals surface area contributed by atoms with Gasteiger partial charge in [-0.2, -0.15) is 4.98 Å². The molecule has 0 unspecified atom stereocenters. The van der Waals surface area contributed by atoms with Crippen molar-refractivity contribution in [1.82, 2.24) is 34.8 Å². The van der Waals surface area contributed by atoms with E-state index in [9.17, 15) is 15.0 Å². The number of nitrogens with one attached hydrogen (secondary N) is 1. The lowest BCUT2D eigenvalue weighted by Gasteiger charge is -2.45. The second kappa shape index (κ2) is 9.19. The van der Waals surface area contributed by atoms with E-state index in [1.54, 1.807) is 4.90 Å². The SMILES string of the molecule is CCC[C@@]1(CO)CN(C(=O)c2nc(-n3cnnc3)n[nH]2)CC[C@@H]1O.O=CO. The van der Waals surface area contributed by atoms with Gasteiger partial charge in [-0.05, 0) is 12.8 Å². The molecule has 0 spiro atoms. The average molecular weight is 381 g/mol. The van der Waals surface area contributed by atoms with E-state index in [-0.39, 0.29) is 30.8 Å². The van der Waals surface area contributed by atoms with Gasteiger partial charge in [0, 0.05) is 18.5 Å². The lowest BCUT2D eigenvalue weighted by atomic mass is 9.74. The molecular formula is C15H23N7O5. The second-order valence-electron chi connectivity index (χ2n) is 6.26. The molecule has 0 radical (unpaired) electrons. The van der Waals surface area contributed by atoms with Crippen LogP contribution in [-0.2, 0) is 4.79 Å². The van der Waals surface area contributed by atoms with Crippen LogP contribution >= 0.6 is 0 Å². The first-order chi connectivity index (χ1) is 13.0. The number of amides is 1. The van der Waals surface area contributed by atoms with Crippen LogP contribution in [0.1, 0.15) is 36.8 Å². The Morgan fingerprint density at radius 1 is 1.44 bits per heavy atom. The van der Waals surface area contributed by atoms with E-state index in [1.165, 1.54) is 17.2 Å². The minimum absolute atomic E-state index is 0.110. The van der Waals surface area contributed by atoms with E-state index < -0.39 is 11.5 Å². The summed E-state index contributed by atoms with van der Waals surface area (Å²) >= 11 is 0. The Labute approximate surface area is 154 Å². The number of nitrogens with zero attached hydrogens (tertiary/aromatic N) is 6. The van der Waals surface area contributed by atoms with Crippen molar-refractivity contribution < 1.29 is 24.9 Å².